The molecule has 7 heteroatoms. The second-order valence-electron chi connectivity index (χ2n) is 3.75. The first kappa shape index (κ1) is 13.0. The second kappa shape index (κ2) is 4.04. The molecule has 2 aromatic rings. The van der Waals surface area contributed by atoms with Gasteiger partial charge in [-0.1, -0.05) is 18.2 Å². The van der Waals surface area contributed by atoms with E-state index in [1.54, 1.807) is 0 Å². The zero-order valence-electron chi connectivity index (χ0n) is 9.12. The fourth-order valence-corrected chi connectivity index (χ4v) is 1.74. The van der Waals surface area contributed by atoms with Gasteiger partial charge < -0.3 is 5.11 Å². The van der Waals surface area contributed by atoms with Crippen molar-refractivity contribution in [3.8, 4) is 16.9 Å². The SMILES string of the molecule is O=c1c(O)c(-c2ccccc2C(F)(F)F)c(=O)c1=O. The van der Waals surface area contributed by atoms with E-state index in [2.05, 4.69) is 0 Å². The first-order valence-electron chi connectivity index (χ1n) is 4.98. The van der Waals surface area contributed by atoms with Gasteiger partial charge in [0.2, 0.25) is 5.43 Å². The van der Waals surface area contributed by atoms with E-state index < -0.39 is 44.9 Å². The Balaban J connectivity index is 2.90. The number of aromatic hydroxyl groups is 1. The summed E-state index contributed by atoms with van der Waals surface area (Å²) in [5.74, 6) is -1.24. The van der Waals surface area contributed by atoms with Crippen LogP contribution in [0.2, 0.25) is 0 Å². The average molecular weight is 270 g/mol. The minimum atomic E-state index is -4.78. The molecule has 0 atom stereocenters. The van der Waals surface area contributed by atoms with Crippen molar-refractivity contribution in [2.45, 2.75) is 6.18 Å². The molecule has 1 N–H and O–H groups in total. The molecule has 0 unspecified atom stereocenters. The number of hydrogen-bond acceptors (Lipinski definition) is 4. The molecule has 0 fully saturated rings. The predicted molar refractivity (Wildman–Crippen MR) is 59.7 cm³/mol. The van der Waals surface area contributed by atoms with Crippen molar-refractivity contribution < 1.29 is 18.3 Å². The number of rotatable bonds is 1. The van der Waals surface area contributed by atoms with Crippen molar-refractivity contribution in [2.24, 2.45) is 0 Å². The average Bonchev–Trinajstić information content (AvgIpc) is 2.53. The predicted octanol–water partition coefficient (Wildman–Crippen LogP) is 1.03. The molecule has 0 aliphatic rings. The Labute approximate surface area is 103 Å². The maximum absolute atomic E-state index is 12.8. The van der Waals surface area contributed by atoms with E-state index in [0.717, 1.165) is 12.1 Å². The van der Waals surface area contributed by atoms with E-state index in [0.29, 0.717) is 6.07 Å². The molecule has 2 aromatic carbocycles. The Bertz CT molecular complexity index is 783. The number of hydrogen-bond donors (Lipinski definition) is 1. The Hall–Kier alpha value is -2.44. The van der Waals surface area contributed by atoms with Gasteiger partial charge >= 0.3 is 6.18 Å². The first-order chi connectivity index (χ1) is 8.75. The van der Waals surface area contributed by atoms with Crippen LogP contribution in [0.15, 0.2) is 38.6 Å². The quantitative estimate of drug-likeness (QED) is 0.786. The molecule has 0 radical (unpaired) electrons. The van der Waals surface area contributed by atoms with Crippen molar-refractivity contribution in [2.75, 3.05) is 0 Å². The van der Waals surface area contributed by atoms with E-state index >= 15 is 0 Å². The molecular formula is C12H5F3O4. The molecule has 0 aliphatic heterocycles. The van der Waals surface area contributed by atoms with Crippen molar-refractivity contribution in [1.82, 2.24) is 0 Å². The maximum Gasteiger partial charge on any atom is 0.417 e. The van der Waals surface area contributed by atoms with Gasteiger partial charge in [0, 0.05) is 5.56 Å². The summed E-state index contributed by atoms with van der Waals surface area (Å²) in [5.41, 5.74) is -7.24. The normalized spacial score (nSPS) is 11.7. The van der Waals surface area contributed by atoms with E-state index in [4.69, 9.17) is 0 Å². The van der Waals surface area contributed by atoms with Crippen LogP contribution in [0.1, 0.15) is 5.56 Å². The van der Waals surface area contributed by atoms with Gasteiger partial charge in [-0.25, -0.2) is 0 Å². The third kappa shape index (κ3) is 1.92. The fourth-order valence-electron chi connectivity index (χ4n) is 1.74. The fraction of sp³-hybridized carbons (Fsp3) is 0.0833. The third-order valence-corrected chi connectivity index (χ3v) is 2.59. The van der Waals surface area contributed by atoms with E-state index in [1.165, 1.54) is 6.07 Å². The molecule has 0 bridgehead atoms. The highest BCUT2D eigenvalue weighted by Gasteiger charge is 2.35. The highest BCUT2D eigenvalue weighted by molar-refractivity contribution is 5.74. The number of halogens is 3. The second-order valence-corrected chi connectivity index (χ2v) is 3.75. The van der Waals surface area contributed by atoms with Gasteiger partial charge in [0.25, 0.3) is 10.9 Å². The van der Waals surface area contributed by atoms with Gasteiger partial charge in [-0.2, -0.15) is 13.2 Å². The van der Waals surface area contributed by atoms with E-state index in [1.807, 2.05) is 0 Å². The Morgan fingerprint density at radius 1 is 0.895 bits per heavy atom. The lowest BCUT2D eigenvalue weighted by atomic mass is 10.0. The monoisotopic (exact) mass is 270 g/mol. The summed E-state index contributed by atoms with van der Waals surface area (Å²) >= 11 is 0. The van der Waals surface area contributed by atoms with Crippen LogP contribution in [0.3, 0.4) is 0 Å². The summed E-state index contributed by atoms with van der Waals surface area (Å²) in [6.45, 7) is 0. The Morgan fingerprint density at radius 2 is 1.47 bits per heavy atom. The van der Waals surface area contributed by atoms with E-state index in [9.17, 15) is 32.7 Å². The summed E-state index contributed by atoms with van der Waals surface area (Å²) in [4.78, 5) is 33.6. The summed E-state index contributed by atoms with van der Waals surface area (Å²) < 4.78 is 38.3. The Morgan fingerprint density at radius 3 is 1.95 bits per heavy atom. The van der Waals surface area contributed by atoms with Crippen LogP contribution < -0.4 is 16.3 Å². The molecule has 0 heterocycles. The Kier molecular flexibility index (Phi) is 2.77. The summed E-state index contributed by atoms with van der Waals surface area (Å²) in [5, 5.41) is 9.36. The lowest BCUT2D eigenvalue weighted by Gasteiger charge is -2.11. The van der Waals surface area contributed by atoms with Crippen LogP contribution in [0.4, 0.5) is 13.2 Å². The standard InChI is InChI=1S/C12H5F3O4/c13-12(14,15)6-4-2-1-3-5(6)7-8(16)10(18)11(19)9(7)17/h1-4,16H. The molecule has 0 aliphatic carbocycles. The van der Waals surface area contributed by atoms with Crippen molar-refractivity contribution in [3.63, 3.8) is 0 Å². The number of alkyl halides is 3. The molecule has 2 rings (SSSR count). The summed E-state index contributed by atoms with van der Waals surface area (Å²) in [6.07, 6.45) is -4.78. The van der Waals surface area contributed by atoms with Gasteiger partial charge in [0.15, 0.2) is 5.75 Å². The minimum Gasteiger partial charge on any atom is -0.503 e. The zero-order valence-corrected chi connectivity index (χ0v) is 9.12. The topological polar surface area (TPSA) is 71.4 Å². The molecule has 19 heavy (non-hydrogen) atoms. The van der Waals surface area contributed by atoms with Crippen LogP contribution in [-0.2, 0) is 6.18 Å². The number of benzene rings is 1. The zero-order chi connectivity index (χ0) is 14.4. The summed E-state index contributed by atoms with van der Waals surface area (Å²) in [7, 11) is 0. The van der Waals surface area contributed by atoms with Crippen molar-refractivity contribution >= 4 is 0 Å². The highest BCUT2D eigenvalue weighted by atomic mass is 19.4. The minimum absolute atomic E-state index is 0.684. The van der Waals surface area contributed by atoms with Gasteiger partial charge in [0.1, 0.15) is 0 Å². The maximum atomic E-state index is 12.8. The lowest BCUT2D eigenvalue weighted by molar-refractivity contribution is -0.137. The third-order valence-electron chi connectivity index (χ3n) is 2.59. The van der Waals surface area contributed by atoms with Crippen molar-refractivity contribution in [1.29, 1.82) is 0 Å². The molecular weight excluding hydrogens is 265 g/mol. The van der Waals surface area contributed by atoms with Crippen LogP contribution in [0.5, 0.6) is 5.75 Å². The smallest absolute Gasteiger partial charge is 0.417 e. The van der Waals surface area contributed by atoms with Crippen LogP contribution >= 0.6 is 0 Å². The molecule has 0 spiro atoms. The summed E-state index contributed by atoms with van der Waals surface area (Å²) in [6, 6.07) is 3.90. The van der Waals surface area contributed by atoms with Crippen LogP contribution in [0, 0.1) is 0 Å². The van der Waals surface area contributed by atoms with Gasteiger partial charge in [-0.05, 0) is 6.07 Å². The van der Waals surface area contributed by atoms with Gasteiger partial charge in [-0.3, -0.25) is 14.4 Å². The molecule has 98 valence electrons. The molecule has 0 aromatic heterocycles. The van der Waals surface area contributed by atoms with Crippen LogP contribution in [0.25, 0.3) is 11.1 Å². The van der Waals surface area contributed by atoms with E-state index in [-0.39, 0.29) is 0 Å². The molecule has 4 nitrogen and oxygen atoms in total. The highest BCUT2D eigenvalue weighted by Crippen LogP contribution is 2.37. The molecule has 0 saturated heterocycles. The first-order valence-corrected chi connectivity index (χ1v) is 4.98. The largest absolute Gasteiger partial charge is 0.503 e. The van der Waals surface area contributed by atoms with Crippen molar-refractivity contribution in [3.05, 3.63) is 60.5 Å². The van der Waals surface area contributed by atoms with Gasteiger partial charge in [0.05, 0.1) is 11.1 Å². The lowest BCUT2D eigenvalue weighted by Crippen LogP contribution is -2.29. The van der Waals surface area contributed by atoms with Gasteiger partial charge in [-0.15, -0.1) is 0 Å². The molecule has 0 saturated carbocycles. The molecule has 0 amide bonds. The van der Waals surface area contributed by atoms with Crippen LogP contribution in [-0.4, -0.2) is 5.11 Å².